The van der Waals surface area contributed by atoms with Gasteiger partial charge in [0.1, 0.15) is 6.61 Å². The molecule has 0 saturated carbocycles. The lowest BCUT2D eigenvalue weighted by molar-refractivity contribution is -0.386. The summed E-state index contributed by atoms with van der Waals surface area (Å²) in [5, 5.41) is 14.1. The van der Waals surface area contributed by atoms with Crippen molar-refractivity contribution in [2.75, 3.05) is 0 Å². The first-order chi connectivity index (χ1) is 9.79. The number of thiazole rings is 1. The Labute approximate surface area is 127 Å². The smallest absolute Gasteiger partial charge is 0.313 e. The van der Waals surface area contributed by atoms with E-state index in [-0.39, 0.29) is 23.5 Å². The van der Waals surface area contributed by atoms with Crippen LogP contribution in [0.3, 0.4) is 0 Å². The number of ether oxygens (including phenoxy) is 1. The second kappa shape index (κ2) is 5.81. The fourth-order valence-electron chi connectivity index (χ4n) is 1.85. The monoisotopic (exact) mass is 306 g/mol. The molecular weight excluding hydrogens is 288 g/mol. The van der Waals surface area contributed by atoms with Crippen LogP contribution >= 0.6 is 11.3 Å². The van der Waals surface area contributed by atoms with E-state index in [2.05, 4.69) is 25.8 Å². The number of rotatable bonds is 4. The van der Waals surface area contributed by atoms with E-state index in [9.17, 15) is 10.1 Å². The predicted octanol–water partition coefficient (Wildman–Crippen LogP) is 4.24. The standard InChI is InChI=1S/C15H18N2O3S/c1-10-6-5-7-12(13(10)17(18)19)20-8-11-9-21-14(16-11)15(2,3)4/h5-7,9H,8H2,1-4H3. The molecule has 0 radical (unpaired) electrons. The van der Waals surface area contributed by atoms with E-state index in [1.807, 2.05) is 5.38 Å². The first kappa shape index (κ1) is 15.4. The molecule has 0 saturated heterocycles. The van der Waals surface area contributed by atoms with Crippen LogP contribution in [0.1, 0.15) is 37.0 Å². The number of aromatic nitrogens is 1. The van der Waals surface area contributed by atoms with Gasteiger partial charge in [-0.3, -0.25) is 10.1 Å². The van der Waals surface area contributed by atoms with Crippen LogP contribution in [0.25, 0.3) is 0 Å². The molecule has 0 bridgehead atoms. The molecule has 0 amide bonds. The fraction of sp³-hybridized carbons (Fsp3) is 0.400. The summed E-state index contributed by atoms with van der Waals surface area (Å²) in [6, 6.07) is 5.06. The van der Waals surface area contributed by atoms with Gasteiger partial charge in [-0.15, -0.1) is 11.3 Å². The number of aryl methyl sites for hydroxylation is 1. The number of nitro groups is 1. The molecule has 1 aromatic heterocycles. The van der Waals surface area contributed by atoms with Crippen molar-refractivity contribution in [3.05, 3.63) is 50.0 Å². The molecule has 2 aromatic rings. The van der Waals surface area contributed by atoms with Crippen LogP contribution in [-0.4, -0.2) is 9.91 Å². The first-order valence-corrected chi connectivity index (χ1v) is 7.48. The van der Waals surface area contributed by atoms with E-state index in [0.717, 1.165) is 10.7 Å². The summed E-state index contributed by atoms with van der Waals surface area (Å²) in [6.45, 7) is 8.23. The number of benzene rings is 1. The van der Waals surface area contributed by atoms with Crippen molar-refractivity contribution in [1.82, 2.24) is 4.98 Å². The molecule has 0 spiro atoms. The lowest BCUT2D eigenvalue weighted by Crippen LogP contribution is -2.10. The molecule has 2 rings (SSSR count). The van der Waals surface area contributed by atoms with E-state index in [0.29, 0.717) is 5.56 Å². The number of hydrogen-bond donors (Lipinski definition) is 0. The van der Waals surface area contributed by atoms with Crippen LogP contribution in [-0.2, 0) is 12.0 Å². The zero-order valence-corrected chi connectivity index (χ0v) is 13.4. The molecule has 5 nitrogen and oxygen atoms in total. The van der Waals surface area contributed by atoms with Crippen molar-refractivity contribution in [1.29, 1.82) is 0 Å². The van der Waals surface area contributed by atoms with Gasteiger partial charge in [0.2, 0.25) is 0 Å². The third-order valence-corrected chi connectivity index (χ3v) is 4.27. The molecule has 0 atom stereocenters. The Balaban J connectivity index is 2.16. The van der Waals surface area contributed by atoms with Crippen LogP contribution in [0.4, 0.5) is 5.69 Å². The van der Waals surface area contributed by atoms with E-state index in [4.69, 9.17) is 4.74 Å². The van der Waals surface area contributed by atoms with Crippen LogP contribution in [0.5, 0.6) is 5.75 Å². The average Bonchev–Trinajstić information content (AvgIpc) is 2.84. The maximum absolute atomic E-state index is 11.1. The predicted molar refractivity (Wildman–Crippen MR) is 83.0 cm³/mol. The maximum Gasteiger partial charge on any atom is 0.313 e. The van der Waals surface area contributed by atoms with Crippen molar-refractivity contribution in [3.63, 3.8) is 0 Å². The van der Waals surface area contributed by atoms with Crippen molar-refractivity contribution < 1.29 is 9.66 Å². The maximum atomic E-state index is 11.1. The molecule has 112 valence electrons. The van der Waals surface area contributed by atoms with Gasteiger partial charge in [-0.1, -0.05) is 32.9 Å². The van der Waals surface area contributed by atoms with Crippen molar-refractivity contribution >= 4 is 17.0 Å². The van der Waals surface area contributed by atoms with Crippen LogP contribution in [0, 0.1) is 17.0 Å². The Morgan fingerprint density at radius 3 is 2.67 bits per heavy atom. The summed E-state index contributed by atoms with van der Waals surface area (Å²) < 4.78 is 5.59. The summed E-state index contributed by atoms with van der Waals surface area (Å²) >= 11 is 1.58. The van der Waals surface area contributed by atoms with E-state index < -0.39 is 4.92 Å². The van der Waals surface area contributed by atoms with E-state index in [1.54, 1.807) is 36.5 Å². The Morgan fingerprint density at radius 1 is 1.38 bits per heavy atom. The Kier molecular flexibility index (Phi) is 4.27. The molecule has 0 aliphatic carbocycles. The fourth-order valence-corrected chi connectivity index (χ4v) is 2.74. The van der Waals surface area contributed by atoms with Crippen LogP contribution in [0.15, 0.2) is 23.6 Å². The normalized spacial score (nSPS) is 11.4. The molecule has 0 fully saturated rings. The van der Waals surface area contributed by atoms with Gasteiger partial charge in [0.05, 0.1) is 15.6 Å². The van der Waals surface area contributed by atoms with Crippen LogP contribution < -0.4 is 4.74 Å². The Hall–Kier alpha value is -1.95. The molecule has 0 unspecified atom stereocenters. The summed E-state index contributed by atoms with van der Waals surface area (Å²) in [4.78, 5) is 15.2. The first-order valence-electron chi connectivity index (χ1n) is 6.60. The minimum atomic E-state index is -0.410. The summed E-state index contributed by atoms with van der Waals surface area (Å²) in [5.41, 5.74) is 1.40. The van der Waals surface area contributed by atoms with Gasteiger partial charge in [-0.2, -0.15) is 0 Å². The second-order valence-electron chi connectivity index (χ2n) is 5.86. The van der Waals surface area contributed by atoms with Gasteiger partial charge in [0.15, 0.2) is 5.75 Å². The zero-order valence-electron chi connectivity index (χ0n) is 12.5. The van der Waals surface area contributed by atoms with Gasteiger partial charge in [0.25, 0.3) is 0 Å². The van der Waals surface area contributed by atoms with Gasteiger partial charge in [-0.05, 0) is 13.0 Å². The molecular formula is C15H18N2O3S. The quantitative estimate of drug-likeness (QED) is 0.626. The third kappa shape index (κ3) is 3.58. The van der Waals surface area contributed by atoms with E-state index >= 15 is 0 Å². The minimum Gasteiger partial charge on any atom is -0.480 e. The van der Waals surface area contributed by atoms with E-state index in [1.165, 1.54) is 0 Å². The molecule has 1 aromatic carbocycles. The topological polar surface area (TPSA) is 65.3 Å². The van der Waals surface area contributed by atoms with Gasteiger partial charge in [0, 0.05) is 16.4 Å². The highest BCUT2D eigenvalue weighted by atomic mass is 32.1. The number of para-hydroxylation sites is 1. The molecule has 6 heteroatoms. The molecule has 1 heterocycles. The number of hydrogen-bond acceptors (Lipinski definition) is 5. The van der Waals surface area contributed by atoms with Gasteiger partial charge >= 0.3 is 5.69 Å². The van der Waals surface area contributed by atoms with Crippen molar-refractivity contribution in [2.24, 2.45) is 0 Å². The second-order valence-corrected chi connectivity index (χ2v) is 6.72. The van der Waals surface area contributed by atoms with Crippen LogP contribution in [0.2, 0.25) is 0 Å². The molecule has 0 aliphatic heterocycles. The summed E-state index contributed by atoms with van der Waals surface area (Å²) in [5.74, 6) is 0.283. The molecule has 21 heavy (non-hydrogen) atoms. The largest absolute Gasteiger partial charge is 0.480 e. The lowest BCUT2D eigenvalue weighted by atomic mass is 9.98. The van der Waals surface area contributed by atoms with Gasteiger partial charge < -0.3 is 4.74 Å². The molecule has 0 aliphatic rings. The highest BCUT2D eigenvalue weighted by Crippen LogP contribution is 2.31. The molecule has 0 N–H and O–H groups in total. The zero-order chi connectivity index (χ0) is 15.6. The highest BCUT2D eigenvalue weighted by molar-refractivity contribution is 7.09. The van der Waals surface area contributed by atoms with Crippen molar-refractivity contribution in [3.8, 4) is 5.75 Å². The minimum absolute atomic E-state index is 0.00174. The summed E-state index contributed by atoms with van der Waals surface area (Å²) in [7, 11) is 0. The lowest BCUT2D eigenvalue weighted by Gasteiger charge is -2.13. The number of nitro benzene ring substituents is 1. The third-order valence-electron chi connectivity index (χ3n) is 2.95. The SMILES string of the molecule is Cc1cccc(OCc2csc(C(C)(C)C)n2)c1[N+](=O)[O-]. The highest BCUT2D eigenvalue weighted by Gasteiger charge is 2.20. The average molecular weight is 306 g/mol. The Morgan fingerprint density at radius 2 is 2.10 bits per heavy atom. The van der Waals surface area contributed by atoms with Crippen molar-refractivity contribution in [2.45, 2.75) is 39.7 Å². The summed E-state index contributed by atoms with van der Waals surface area (Å²) in [6.07, 6.45) is 0. The Bertz CT molecular complexity index is 659. The van der Waals surface area contributed by atoms with Gasteiger partial charge in [-0.25, -0.2) is 4.98 Å². The number of nitrogens with zero attached hydrogens (tertiary/aromatic N) is 2.